The first-order valence-corrected chi connectivity index (χ1v) is 8.11. The lowest BCUT2D eigenvalue weighted by molar-refractivity contribution is -0.466. The first-order valence-electron chi connectivity index (χ1n) is 8.11. The van der Waals surface area contributed by atoms with Gasteiger partial charge in [0.2, 0.25) is 5.84 Å². The summed E-state index contributed by atoms with van der Waals surface area (Å²) in [7, 11) is 3.01. The molecule has 9 heteroatoms. The molecule has 0 saturated carbocycles. The van der Waals surface area contributed by atoms with Gasteiger partial charge in [0.05, 0.1) is 19.4 Å². The molecule has 1 aliphatic heterocycles. The Morgan fingerprint density at radius 1 is 1.33 bits per heavy atom. The number of aliphatic hydroxyl groups excluding tert-OH is 1. The fourth-order valence-corrected chi connectivity index (χ4v) is 2.97. The van der Waals surface area contributed by atoms with Gasteiger partial charge in [-0.3, -0.25) is 24.2 Å². The van der Waals surface area contributed by atoms with E-state index in [0.29, 0.717) is 17.7 Å². The van der Waals surface area contributed by atoms with Crippen LogP contribution in [0, 0.1) is 0 Å². The number of fused-ring (bicyclic) bond motifs is 1. The summed E-state index contributed by atoms with van der Waals surface area (Å²) >= 11 is 0. The van der Waals surface area contributed by atoms with Gasteiger partial charge in [-0.25, -0.2) is 9.78 Å². The van der Waals surface area contributed by atoms with E-state index in [9.17, 15) is 14.7 Å². The monoisotopic (exact) mass is 335 g/mol. The molecule has 3 N–H and O–H groups in total. The molecule has 0 aliphatic carbocycles. The number of nitrogens with zero attached hydrogens (tertiary/aromatic N) is 4. The lowest BCUT2D eigenvalue weighted by Gasteiger charge is -2.13. The lowest BCUT2D eigenvalue weighted by atomic mass is 10.2. The molecule has 0 spiro atoms. The number of hydrogen-bond acceptors (Lipinski definition) is 5. The topological polar surface area (TPSA) is 108 Å². The Balaban J connectivity index is 1.79. The maximum atomic E-state index is 12.3. The number of aryl methyl sites for hydroxylation is 1. The highest BCUT2D eigenvalue weighted by molar-refractivity contribution is 5.76. The summed E-state index contributed by atoms with van der Waals surface area (Å²) in [4.78, 5) is 31.7. The molecule has 130 valence electrons. The smallest absolute Gasteiger partial charge is 0.332 e. The number of aliphatic hydroxyl groups is 1. The third kappa shape index (κ3) is 2.99. The Morgan fingerprint density at radius 2 is 2.12 bits per heavy atom. The van der Waals surface area contributed by atoms with Gasteiger partial charge in [-0.15, -0.1) is 0 Å². The minimum absolute atomic E-state index is 0.226. The molecular weight excluding hydrogens is 312 g/mol. The van der Waals surface area contributed by atoms with Crippen LogP contribution in [0.2, 0.25) is 0 Å². The zero-order valence-electron chi connectivity index (χ0n) is 13.9. The number of rotatable bonds is 4. The van der Waals surface area contributed by atoms with Crippen LogP contribution in [-0.2, 0) is 20.6 Å². The minimum atomic E-state index is -0.680. The van der Waals surface area contributed by atoms with Crippen LogP contribution in [0.3, 0.4) is 0 Å². The third-order valence-corrected chi connectivity index (χ3v) is 4.37. The van der Waals surface area contributed by atoms with E-state index in [2.05, 4.69) is 15.3 Å². The fraction of sp³-hybridized carbons (Fsp3) is 0.600. The molecule has 2 aromatic rings. The molecule has 3 rings (SSSR count). The average molecular weight is 335 g/mol. The highest BCUT2D eigenvalue weighted by atomic mass is 16.3. The van der Waals surface area contributed by atoms with Gasteiger partial charge in [0.25, 0.3) is 5.56 Å². The second kappa shape index (κ2) is 6.60. The normalized spacial score (nSPS) is 16.2. The van der Waals surface area contributed by atoms with Gasteiger partial charge in [0.1, 0.15) is 12.6 Å². The van der Waals surface area contributed by atoms with Crippen LogP contribution in [0.4, 0.5) is 0 Å². The lowest BCUT2D eigenvalue weighted by Crippen LogP contribution is -2.77. The summed E-state index contributed by atoms with van der Waals surface area (Å²) in [5, 5.41) is 13.5. The van der Waals surface area contributed by atoms with Crippen molar-refractivity contribution in [3.05, 3.63) is 27.2 Å². The van der Waals surface area contributed by atoms with E-state index in [1.807, 2.05) is 0 Å². The van der Waals surface area contributed by atoms with Gasteiger partial charge < -0.3 is 9.67 Å². The van der Waals surface area contributed by atoms with Crippen molar-refractivity contribution in [1.82, 2.24) is 24.0 Å². The molecule has 0 amide bonds. The molecular formula is C15H23N6O3+. The van der Waals surface area contributed by atoms with Gasteiger partial charge in [0.15, 0.2) is 11.2 Å². The van der Waals surface area contributed by atoms with E-state index >= 15 is 0 Å². The van der Waals surface area contributed by atoms with Gasteiger partial charge >= 0.3 is 5.69 Å². The van der Waals surface area contributed by atoms with Crippen molar-refractivity contribution in [3.8, 4) is 0 Å². The molecule has 0 fully saturated rings. The molecule has 1 aliphatic rings. The van der Waals surface area contributed by atoms with Crippen LogP contribution in [0.15, 0.2) is 15.9 Å². The summed E-state index contributed by atoms with van der Waals surface area (Å²) < 4.78 is 3.98. The third-order valence-electron chi connectivity index (χ3n) is 4.37. The fourth-order valence-electron chi connectivity index (χ4n) is 2.97. The van der Waals surface area contributed by atoms with Crippen molar-refractivity contribution < 1.29 is 10.1 Å². The highest BCUT2D eigenvalue weighted by Crippen LogP contribution is 2.06. The van der Waals surface area contributed by atoms with Gasteiger partial charge in [-0.1, -0.05) is 0 Å². The van der Waals surface area contributed by atoms with E-state index in [-0.39, 0.29) is 6.54 Å². The Hall–Kier alpha value is -2.42. The first-order chi connectivity index (χ1) is 11.5. The van der Waals surface area contributed by atoms with Crippen LogP contribution < -0.4 is 21.6 Å². The molecule has 1 atom stereocenters. The summed E-state index contributed by atoms with van der Waals surface area (Å²) in [6.45, 7) is 1.56. The maximum Gasteiger partial charge on any atom is 0.332 e. The number of hydrogen-bond donors (Lipinski definition) is 3. The van der Waals surface area contributed by atoms with Crippen LogP contribution in [0.1, 0.15) is 19.3 Å². The zero-order valence-corrected chi connectivity index (χ0v) is 13.9. The predicted molar refractivity (Wildman–Crippen MR) is 88.9 cm³/mol. The molecule has 2 aromatic heterocycles. The average Bonchev–Trinajstić information content (AvgIpc) is 3.01. The summed E-state index contributed by atoms with van der Waals surface area (Å²) in [6, 6.07) is 0. The molecule has 3 heterocycles. The largest absolute Gasteiger partial charge is 0.387 e. The standard InChI is InChI=1S/C15H22N6O3/c1-19-13-12(14(23)20(2)15(19)24)21(9-18-13)8-10(22)7-17-11-5-3-4-6-16-11/h9-10,22H,3-8H2,1-2H3,(H,16,17)/p+1/t10-/m0/s1. The molecule has 0 radical (unpaired) electrons. The Morgan fingerprint density at radius 3 is 2.83 bits per heavy atom. The summed E-state index contributed by atoms with van der Waals surface area (Å²) in [6.07, 6.45) is 4.07. The quantitative estimate of drug-likeness (QED) is 0.554. The number of imidazole rings is 1. The summed E-state index contributed by atoms with van der Waals surface area (Å²) in [5.41, 5.74) is -0.178. The van der Waals surface area contributed by atoms with Crippen molar-refractivity contribution in [2.45, 2.75) is 31.9 Å². The Kier molecular flexibility index (Phi) is 4.52. The second-order valence-electron chi connectivity index (χ2n) is 6.17. The molecule has 0 aromatic carbocycles. The summed E-state index contributed by atoms with van der Waals surface area (Å²) in [5.74, 6) is 1.05. The van der Waals surface area contributed by atoms with E-state index in [4.69, 9.17) is 0 Å². The van der Waals surface area contributed by atoms with E-state index < -0.39 is 17.4 Å². The number of amidine groups is 1. The molecule has 0 saturated heterocycles. The minimum Gasteiger partial charge on any atom is -0.387 e. The maximum absolute atomic E-state index is 12.3. The van der Waals surface area contributed by atoms with E-state index in [1.165, 1.54) is 17.9 Å². The molecule has 24 heavy (non-hydrogen) atoms. The van der Waals surface area contributed by atoms with Crippen molar-refractivity contribution >= 4 is 17.0 Å². The van der Waals surface area contributed by atoms with Crippen molar-refractivity contribution in [1.29, 1.82) is 0 Å². The van der Waals surface area contributed by atoms with Crippen molar-refractivity contribution in [2.24, 2.45) is 14.1 Å². The van der Waals surface area contributed by atoms with Crippen LogP contribution in [0.25, 0.3) is 11.2 Å². The van der Waals surface area contributed by atoms with Crippen LogP contribution in [-0.4, -0.2) is 48.8 Å². The highest BCUT2D eigenvalue weighted by Gasteiger charge is 2.18. The number of nitrogens with one attached hydrogen (secondary N) is 2. The van der Waals surface area contributed by atoms with Crippen LogP contribution >= 0.6 is 0 Å². The molecule has 0 unspecified atom stereocenters. The predicted octanol–water partition coefficient (Wildman–Crippen LogP) is -2.95. The second-order valence-corrected chi connectivity index (χ2v) is 6.17. The van der Waals surface area contributed by atoms with E-state index in [0.717, 1.165) is 36.2 Å². The van der Waals surface area contributed by atoms with Crippen molar-refractivity contribution in [3.63, 3.8) is 0 Å². The SMILES string of the molecule is Cn1c(=O)c2c(ncn2C[C@@H](O)CNC2=[NH+]CCCC2)n(C)c1=O. The number of aromatic nitrogens is 4. The Bertz CT molecular complexity index is 891. The van der Waals surface area contributed by atoms with E-state index in [1.54, 1.807) is 11.6 Å². The Labute approximate surface area is 138 Å². The molecule has 9 nitrogen and oxygen atoms in total. The zero-order chi connectivity index (χ0) is 17.3. The van der Waals surface area contributed by atoms with Gasteiger partial charge in [-0.2, -0.15) is 0 Å². The first kappa shape index (κ1) is 16.4. The van der Waals surface area contributed by atoms with Crippen molar-refractivity contribution in [2.75, 3.05) is 13.1 Å². The molecule has 0 bridgehead atoms. The van der Waals surface area contributed by atoms with Crippen LogP contribution in [0.5, 0.6) is 0 Å². The van der Waals surface area contributed by atoms with Gasteiger partial charge in [-0.05, 0) is 12.8 Å². The van der Waals surface area contributed by atoms with Gasteiger partial charge in [0, 0.05) is 20.5 Å².